The number of quaternary nitrogens is 1. The molecule has 0 N–H and O–H groups in total. The van der Waals surface area contributed by atoms with Crippen LogP contribution >= 0.6 is 0 Å². The Kier molecular flexibility index (Phi) is 2.19. The minimum Gasteiger partial charge on any atom is -0.469 e. The van der Waals surface area contributed by atoms with Gasteiger partial charge in [0.05, 0.1) is 21.2 Å². The Labute approximate surface area is 89.1 Å². The third kappa shape index (κ3) is 1.32. The third-order valence-electron chi connectivity index (χ3n) is 3.75. The number of esters is 1. The van der Waals surface area contributed by atoms with Gasteiger partial charge in [0.25, 0.3) is 0 Å². The molecule has 0 aromatic rings. The molecule has 0 amide bonds. The van der Waals surface area contributed by atoms with Crippen molar-refractivity contribution < 1.29 is 18.8 Å². The number of hydrogen-bond acceptors (Lipinski definition) is 3. The number of carbonyl (C=O) groups excluding carboxylic acids is 2. The van der Waals surface area contributed by atoms with Gasteiger partial charge in [-0.1, -0.05) is 0 Å². The highest BCUT2D eigenvalue weighted by atomic mass is 16.5. The van der Waals surface area contributed by atoms with Crippen molar-refractivity contribution in [1.29, 1.82) is 0 Å². The topological polar surface area (TPSA) is 43.4 Å². The third-order valence-corrected chi connectivity index (χ3v) is 3.75. The molecule has 1 fully saturated rings. The first-order valence-electron chi connectivity index (χ1n) is 5.11. The van der Waals surface area contributed by atoms with E-state index >= 15 is 0 Å². The van der Waals surface area contributed by atoms with E-state index in [0.717, 1.165) is 0 Å². The molecule has 4 heteroatoms. The first kappa shape index (κ1) is 10.4. The number of methoxy groups -OCH3 is 1. The van der Waals surface area contributed by atoms with Gasteiger partial charge in [0.15, 0.2) is 6.04 Å². The number of carbonyl (C=O) groups is 2. The second-order valence-electron chi connectivity index (χ2n) is 4.76. The molecule has 3 atom stereocenters. The van der Waals surface area contributed by atoms with Gasteiger partial charge in [-0.25, -0.2) is 0 Å². The quantitative estimate of drug-likeness (QED) is 0.456. The molecule has 3 unspecified atom stereocenters. The van der Waals surface area contributed by atoms with Crippen molar-refractivity contribution in [3.05, 3.63) is 12.2 Å². The zero-order valence-electron chi connectivity index (χ0n) is 9.27. The summed E-state index contributed by atoms with van der Waals surface area (Å²) in [5, 5.41) is 0. The van der Waals surface area contributed by atoms with E-state index in [1.54, 1.807) is 6.08 Å². The predicted molar refractivity (Wildman–Crippen MR) is 54.0 cm³/mol. The lowest BCUT2D eigenvalue weighted by atomic mass is 10.0. The van der Waals surface area contributed by atoms with Gasteiger partial charge in [-0.3, -0.25) is 9.59 Å². The number of rotatable bonds is 1. The molecule has 0 aliphatic carbocycles. The van der Waals surface area contributed by atoms with Gasteiger partial charge >= 0.3 is 5.97 Å². The molecule has 4 nitrogen and oxygen atoms in total. The molecule has 2 heterocycles. The van der Waals surface area contributed by atoms with E-state index in [9.17, 15) is 9.59 Å². The van der Waals surface area contributed by atoms with Gasteiger partial charge < -0.3 is 9.22 Å². The van der Waals surface area contributed by atoms with Crippen LogP contribution in [0.1, 0.15) is 6.42 Å². The molecular weight excluding hydrogens is 194 g/mol. The number of fused-ring (bicyclic) bond motifs is 2. The number of likely N-dealkylation sites (N-methyl/N-ethyl adjacent to an activating group) is 1. The summed E-state index contributed by atoms with van der Waals surface area (Å²) in [6.07, 6.45) is 4.07. The maximum absolute atomic E-state index is 11.7. The molecule has 0 aromatic heterocycles. The van der Waals surface area contributed by atoms with Crippen LogP contribution in [0, 0.1) is 5.92 Å². The maximum Gasteiger partial charge on any atom is 0.315 e. The number of ether oxygens (including phenoxy) is 1. The van der Waals surface area contributed by atoms with Crippen LogP contribution in [0.25, 0.3) is 0 Å². The Hall–Kier alpha value is -1.16. The van der Waals surface area contributed by atoms with Crippen molar-refractivity contribution >= 4 is 11.8 Å². The molecule has 1 saturated heterocycles. The first-order valence-corrected chi connectivity index (χ1v) is 5.11. The van der Waals surface area contributed by atoms with Crippen LogP contribution in [-0.2, 0) is 14.3 Å². The van der Waals surface area contributed by atoms with Crippen LogP contribution < -0.4 is 0 Å². The van der Waals surface area contributed by atoms with E-state index in [4.69, 9.17) is 4.74 Å². The Balaban J connectivity index is 2.35. The van der Waals surface area contributed by atoms with Crippen LogP contribution in [0.3, 0.4) is 0 Å². The molecule has 0 saturated carbocycles. The summed E-state index contributed by atoms with van der Waals surface area (Å²) in [5.41, 5.74) is 0. The summed E-state index contributed by atoms with van der Waals surface area (Å²) in [6, 6.07) is 0.00394. The lowest BCUT2D eigenvalue weighted by molar-refractivity contribution is -0.912. The molecule has 2 aliphatic rings. The molecular formula is C11H16NO3+. The van der Waals surface area contributed by atoms with Crippen molar-refractivity contribution in [2.45, 2.75) is 18.5 Å². The van der Waals surface area contributed by atoms with Gasteiger partial charge in [0.1, 0.15) is 12.0 Å². The number of hydrogen-bond donors (Lipinski definition) is 0. The molecule has 0 spiro atoms. The van der Waals surface area contributed by atoms with Crippen molar-refractivity contribution in [3.63, 3.8) is 0 Å². The highest BCUT2D eigenvalue weighted by Crippen LogP contribution is 2.39. The Morgan fingerprint density at radius 3 is 2.73 bits per heavy atom. The second-order valence-corrected chi connectivity index (χ2v) is 4.76. The standard InChI is InChI=1S/C11H16NO3/c1-12(2)8-4-5-10(13)9(12)6-7(8)11(14)15-3/h4-5,7-9H,6H2,1-3H3/q+1. The molecule has 82 valence electrons. The van der Waals surface area contributed by atoms with E-state index < -0.39 is 0 Å². The Morgan fingerprint density at radius 1 is 1.53 bits per heavy atom. The van der Waals surface area contributed by atoms with Crippen molar-refractivity contribution in [2.75, 3.05) is 21.2 Å². The lowest BCUT2D eigenvalue weighted by Crippen LogP contribution is -2.55. The van der Waals surface area contributed by atoms with E-state index in [-0.39, 0.29) is 29.8 Å². The van der Waals surface area contributed by atoms with Gasteiger partial charge in [0.2, 0.25) is 5.78 Å². The van der Waals surface area contributed by atoms with Gasteiger partial charge in [-0.2, -0.15) is 0 Å². The summed E-state index contributed by atoms with van der Waals surface area (Å²) in [4.78, 5) is 23.2. The zero-order valence-corrected chi connectivity index (χ0v) is 9.27. The summed E-state index contributed by atoms with van der Waals surface area (Å²) in [5.74, 6) is -0.242. The average molecular weight is 210 g/mol. The first-order chi connectivity index (χ1) is 6.98. The van der Waals surface area contributed by atoms with Crippen molar-refractivity contribution in [3.8, 4) is 0 Å². The summed E-state index contributed by atoms with van der Waals surface area (Å²) < 4.78 is 5.36. The van der Waals surface area contributed by atoms with Crippen LogP contribution in [0.5, 0.6) is 0 Å². The fourth-order valence-corrected chi connectivity index (χ4v) is 2.81. The molecule has 2 aliphatic heterocycles. The highest BCUT2D eigenvalue weighted by molar-refractivity contribution is 5.95. The average Bonchev–Trinajstić information content (AvgIpc) is 2.34. The lowest BCUT2D eigenvalue weighted by Gasteiger charge is -2.37. The van der Waals surface area contributed by atoms with Crippen LogP contribution in [-0.4, -0.2) is 49.5 Å². The smallest absolute Gasteiger partial charge is 0.315 e. The van der Waals surface area contributed by atoms with E-state index in [2.05, 4.69) is 0 Å². The minimum absolute atomic E-state index is 0.0795. The van der Waals surface area contributed by atoms with Gasteiger partial charge in [-0.15, -0.1) is 0 Å². The molecule has 2 bridgehead atoms. The monoisotopic (exact) mass is 210 g/mol. The minimum atomic E-state index is -0.201. The maximum atomic E-state index is 11.7. The Bertz CT molecular complexity index is 346. The van der Waals surface area contributed by atoms with Crippen LogP contribution in [0.15, 0.2) is 12.2 Å². The summed E-state index contributed by atoms with van der Waals surface area (Å²) in [6.45, 7) is 0. The Morgan fingerprint density at radius 2 is 2.20 bits per heavy atom. The summed E-state index contributed by atoms with van der Waals surface area (Å²) >= 11 is 0. The SMILES string of the molecule is COC(=O)C1CC2C(=O)C=CC1[N+]2(C)C. The van der Waals surface area contributed by atoms with E-state index in [1.807, 2.05) is 20.2 Å². The van der Waals surface area contributed by atoms with Gasteiger partial charge in [0, 0.05) is 6.42 Å². The molecule has 0 aromatic carbocycles. The number of ketones is 1. The van der Waals surface area contributed by atoms with Gasteiger partial charge in [-0.05, 0) is 12.2 Å². The van der Waals surface area contributed by atoms with Crippen molar-refractivity contribution in [1.82, 2.24) is 0 Å². The molecule has 15 heavy (non-hydrogen) atoms. The molecule has 2 rings (SSSR count). The largest absolute Gasteiger partial charge is 0.469 e. The second kappa shape index (κ2) is 3.17. The van der Waals surface area contributed by atoms with Crippen LogP contribution in [0.4, 0.5) is 0 Å². The fourth-order valence-electron chi connectivity index (χ4n) is 2.81. The molecule has 0 radical (unpaired) electrons. The fraction of sp³-hybridized carbons (Fsp3) is 0.636. The highest BCUT2D eigenvalue weighted by Gasteiger charge is 2.56. The van der Waals surface area contributed by atoms with E-state index in [1.165, 1.54) is 7.11 Å². The number of nitrogens with zero attached hydrogens (tertiary/aromatic N) is 1. The predicted octanol–water partition coefficient (Wildman–Crippen LogP) is 0.132. The normalized spacial score (nSPS) is 36.7. The van der Waals surface area contributed by atoms with E-state index in [0.29, 0.717) is 10.9 Å². The van der Waals surface area contributed by atoms with Crippen molar-refractivity contribution in [2.24, 2.45) is 5.92 Å². The van der Waals surface area contributed by atoms with Crippen LogP contribution in [0.2, 0.25) is 0 Å². The zero-order chi connectivity index (χ0) is 11.2. The summed E-state index contributed by atoms with van der Waals surface area (Å²) in [7, 11) is 5.40.